The number of allylic oxidation sites excluding steroid dienone is 6. The van der Waals surface area contributed by atoms with Crippen LogP contribution in [0.25, 0.3) is 0 Å². The van der Waals surface area contributed by atoms with E-state index >= 15 is 0 Å². The average Bonchev–Trinajstić information content (AvgIpc) is 3.43. The number of carbonyl (C=O) groups excluding carboxylic acids is 2. The van der Waals surface area contributed by atoms with Crippen LogP contribution in [0.4, 0.5) is 0 Å². The zero-order valence-electron chi connectivity index (χ0n) is 51.7. The normalized spacial score (nSPS) is 12.8. The molecule has 6 nitrogen and oxygen atoms in total. The molecule has 2 unspecified atom stereocenters. The van der Waals surface area contributed by atoms with Gasteiger partial charge in [-0.1, -0.05) is 326 Å². The third kappa shape index (κ3) is 62.9. The second-order valence-electron chi connectivity index (χ2n) is 23.5. The number of aliphatic hydroxyl groups is 2. The van der Waals surface area contributed by atoms with Crippen LogP contribution in [0.3, 0.4) is 0 Å². The van der Waals surface area contributed by atoms with Crippen LogP contribution in [0, 0.1) is 0 Å². The van der Waals surface area contributed by atoms with E-state index in [9.17, 15) is 19.8 Å². The van der Waals surface area contributed by atoms with E-state index in [4.69, 9.17) is 4.74 Å². The first kappa shape index (κ1) is 74.8. The number of hydrogen-bond donors (Lipinski definition) is 3. The van der Waals surface area contributed by atoms with E-state index in [2.05, 4.69) is 55.6 Å². The Morgan fingerprint density at radius 2 is 0.649 bits per heavy atom. The maximum Gasteiger partial charge on any atom is 0.305 e. The van der Waals surface area contributed by atoms with Crippen molar-refractivity contribution >= 4 is 11.9 Å². The molecule has 0 saturated carbocycles. The molecule has 0 aromatic carbocycles. The van der Waals surface area contributed by atoms with Gasteiger partial charge in [-0.25, -0.2) is 0 Å². The van der Waals surface area contributed by atoms with Crippen molar-refractivity contribution in [2.75, 3.05) is 13.2 Å². The summed E-state index contributed by atoms with van der Waals surface area (Å²) in [7, 11) is 0. The Balaban J connectivity index is 3.47. The van der Waals surface area contributed by atoms with Crippen molar-refractivity contribution in [3.05, 3.63) is 48.6 Å². The monoisotopic (exact) mass is 1080 g/mol. The number of rotatable bonds is 64. The molecular formula is C71H133NO5. The predicted molar refractivity (Wildman–Crippen MR) is 338 cm³/mol. The van der Waals surface area contributed by atoms with E-state index in [1.165, 1.54) is 289 Å². The summed E-state index contributed by atoms with van der Waals surface area (Å²) in [6, 6.07) is -0.634. The highest BCUT2D eigenvalue weighted by molar-refractivity contribution is 5.76. The molecule has 0 saturated heterocycles. The number of carbonyl (C=O) groups is 2. The molecular weight excluding hydrogens is 947 g/mol. The molecule has 77 heavy (non-hydrogen) atoms. The summed E-state index contributed by atoms with van der Waals surface area (Å²) in [5.74, 6) is -0.109. The van der Waals surface area contributed by atoms with Crippen molar-refractivity contribution in [1.82, 2.24) is 5.32 Å². The molecule has 0 aromatic heterocycles. The Morgan fingerprint density at radius 1 is 0.364 bits per heavy atom. The van der Waals surface area contributed by atoms with Gasteiger partial charge in [0.2, 0.25) is 5.91 Å². The molecule has 1 amide bonds. The van der Waals surface area contributed by atoms with Crippen molar-refractivity contribution < 1.29 is 24.5 Å². The van der Waals surface area contributed by atoms with Crippen molar-refractivity contribution in [2.45, 2.75) is 379 Å². The number of nitrogens with one attached hydrogen (secondary N) is 1. The van der Waals surface area contributed by atoms with Gasteiger partial charge in [0.05, 0.1) is 25.4 Å². The smallest absolute Gasteiger partial charge is 0.305 e. The minimum absolute atomic E-state index is 0.0384. The van der Waals surface area contributed by atoms with Crippen LogP contribution in [0.5, 0.6) is 0 Å². The summed E-state index contributed by atoms with van der Waals surface area (Å²) in [4.78, 5) is 24.6. The maximum absolute atomic E-state index is 12.5. The number of esters is 1. The van der Waals surface area contributed by atoms with Crippen LogP contribution in [0.2, 0.25) is 0 Å². The third-order valence-electron chi connectivity index (χ3n) is 15.8. The quantitative estimate of drug-likeness (QED) is 0.0320. The second-order valence-corrected chi connectivity index (χ2v) is 23.5. The number of aliphatic hydroxyl groups excluding tert-OH is 2. The lowest BCUT2D eigenvalue weighted by Gasteiger charge is -2.20. The molecule has 0 rings (SSSR count). The summed E-state index contributed by atoms with van der Waals surface area (Å²) in [6.07, 6.45) is 86.2. The fraction of sp³-hybridized carbons (Fsp3) is 0.859. The van der Waals surface area contributed by atoms with Gasteiger partial charge < -0.3 is 20.3 Å². The molecule has 3 N–H and O–H groups in total. The average molecular weight is 1080 g/mol. The first-order valence-corrected chi connectivity index (χ1v) is 34.4. The molecule has 452 valence electrons. The highest BCUT2D eigenvalue weighted by Gasteiger charge is 2.18. The second kappa shape index (κ2) is 66.3. The summed E-state index contributed by atoms with van der Waals surface area (Å²) < 4.78 is 5.43. The lowest BCUT2D eigenvalue weighted by molar-refractivity contribution is -0.143. The summed E-state index contributed by atoms with van der Waals surface area (Å²) in [5, 5.41) is 23.2. The van der Waals surface area contributed by atoms with E-state index in [0.29, 0.717) is 19.4 Å². The molecule has 0 aliphatic rings. The third-order valence-corrected chi connectivity index (χ3v) is 15.8. The van der Waals surface area contributed by atoms with Crippen LogP contribution < -0.4 is 5.32 Å². The first-order valence-electron chi connectivity index (χ1n) is 34.4. The predicted octanol–water partition coefficient (Wildman–Crippen LogP) is 22.1. The van der Waals surface area contributed by atoms with Crippen LogP contribution in [0.15, 0.2) is 48.6 Å². The Morgan fingerprint density at radius 3 is 1.00 bits per heavy atom. The summed E-state index contributed by atoms with van der Waals surface area (Å²) >= 11 is 0. The molecule has 0 spiro atoms. The standard InChI is InChI=1S/C71H133NO5/c1-3-5-7-9-11-13-15-17-19-21-23-25-28-31-35-39-43-47-51-55-59-63-69(74)68(67-73)72-70(75)64-60-56-52-48-44-40-36-32-29-26-24-27-30-34-38-42-46-50-54-58-62-66-77-71(76)65-61-57-53-49-45-41-37-33-22-20-18-16-14-12-10-8-6-4-2/h20,22,42,46,54,58-59,63,68-69,73-74H,3-19,21,23-41,43-45,47-53,55-57,60-62,64-67H2,1-2H3,(H,72,75)/b22-20-,46-42-,58-54-,63-59+. The van der Waals surface area contributed by atoms with Crippen LogP contribution in [0.1, 0.15) is 367 Å². The van der Waals surface area contributed by atoms with Crippen molar-refractivity contribution in [3.8, 4) is 0 Å². The van der Waals surface area contributed by atoms with Gasteiger partial charge in [0.15, 0.2) is 0 Å². The zero-order chi connectivity index (χ0) is 55.7. The Hall–Kier alpha value is -2.18. The van der Waals surface area contributed by atoms with Crippen LogP contribution in [-0.4, -0.2) is 47.4 Å². The van der Waals surface area contributed by atoms with E-state index in [-0.39, 0.29) is 18.5 Å². The van der Waals surface area contributed by atoms with Crippen molar-refractivity contribution in [2.24, 2.45) is 0 Å². The summed E-state index contributed by atoms with van der Waals surface area (Å²) in [6.45, 7) is 4.82. The number of ether oxygens (including phenoxy) is 1. The molecule has 0 fully saturated rings. The molecule has 0 aromatic rings. The Labute approximate surface area is 480 Å². The van der Waals surface area contributed by atoms with Crippen molar-refractivity contribution in [1.29, 1.82) is 0 Å². The van der Waals surface area contributed by atoms with Gasteiger partial charge in [0.1, 0.15) is 0 Å². The van der Waals surface area contributed by atoms with Gasteiger partial charge in [-0.05, 0) is 77.0 Å². The van der Waals surface area contributed by atoms with E-state index in [1.54, 1.807) is 6.08 Å². The Kier molecular flexibility index (Phi) is 64.5. The molecule has 2 atom stereocenters. The molecule has 0 bridgehead atoms. The minimum Gasteiger partial charge on any atom is -0.465 e. The fourth-order valence-corrected chi connectivity index (χ4v) is 10.6. The van der Waals surface area contributed by atoms with Crippen LogP contribution >= 0.6 is 0 Å². The molecule has 0 heterocycles. The topological polar surface area (TPSA) is 95.9 Å². The van der Waals surface area contributed by atoms with E-state index < -0.39 is 12.1 Å². The lowest BCUT2D eigenvalue weighted by Crippen LogP contribution is -2.45. The first-order chi connectivity index (χ1) is 38.0. The SMILES string of the molecule is CCCCCCCCC/C=C\CCCCCCCCCC(=O)OCC/C=C\C/C=C\CCCCCCCCCCCCCCCCC(=O)NC(CO)C(O)/C=C/CCCCCCCCCCCCCCCCCCCCC. The van der Waals surface area contributed by atoms with Gasteiger partial charge in [0.25, 0.3) is 0 Å². The number of hydrogen-bond acceptors (Lipinski definition) is 5. The fourth-order valence-electron chi connectivity index (χ4n) is 10.6. The van der Waals surface area contributed by atoms with Crippen LogP contribution in [-0.2, 0) is 14.3 Å². The van der Waals surface area contributed by atoms with E-state index in [1.807, 2.05) is 6.08 Å². The van der Waals surface area contributed by atoms with Gasteiger partial charge >= 0.3 is 5.97 Å². The molecule has 0 aliphatic heterocycles. The largest absolute Gasteiger partial charge is 0.465 e. The number of amides is 1. The Bertz CT molecular complexity index is 1290. The molecule has 6 heteroatoms. The van der Waals surface area contributed by atoms with Gasteiger partial charge in [0, 0.05) is 12.8 Å². The van der Waals surface area contributed by atoms with Gasteiger partial charge in [-0.15, -0.1) is 0 Å². The highest BCUT2D eigenvalue weighted by Crippen LogP contribution is 2.18. The summed E-state index contributed by atoms with van der Waals surface area (Å²) in [5.41, 5.74) is 0. The van der Waals surface area contributed by atoms with E-state index in [0.717, 1.165) is 51.4 Å². The molecule has 0 radical (unpaired) electrons. The minimum atomic E-state index is -0.850. The zero-order valence-corrected chi connectivity index (χ0v) is 51.7. The lowest BCUT2D eigenvalue weighted by atomic mass is 10.0. The van der Waals surface area contributed by atoms with Gasteiger partial charge in [-0.2, -0.15) is 0 Å². The number of unbranched alkanes of at least 4 members (excludes halogenated alkanes) is 47. The van der Waals surface area contributed by atoms with Gasteiger partial charge in [-0.3, -0.25) is 9.59 Å². The maximum atomic E-state index is 12.5. The van der Waals surface area contributed by atoms with Crippen molar-refractivity contribution in [3.63, 3.8) is 0 Å². The molecule has 0 aliphatic carbocycles. The highest BCUT2D eigenvalue weighted by atomic mass is 16.5.